The lowest BCUT2D eigenvalue weighted by molar-refractivity contribution is -0.119. The van der Waals surface area contributed by atoms with Crippen LogP contribution < -0.4 is 9.83 Å². The number of hydrogen-bond donors (Lipinski definition) is 2. The van der Waals surface area contributed by atoms with Crippen molar-refractivity contribution in [3.05, 3.63) is 59.1 Å². The summed E-state index contributed by atoms with van der Waals surface area (Å²) in [6, 6.07) is 12.6. The van der Waals surface area contributed by atoms with Crippen molar-refractivity contribution in [2.24, 2.45) is 0 Å². The van der Waals surface area contributed by atoms with Gasteiger partial charge < -0.3 is 24.2 Å². The molecule has 0 saturated carbocycles. The molecule has 2 amide bonds. The summed E-state index contributed by atoms with van der Waals surface area (Å²) in [5.74, 6) is -0.0420. The van der Waals surface area contributed by atoms with Gasteiger partial charge in [-0.05, 0) is 42.5 Å². The summed E-state index contributed by atoms with van der Waals surface area (Å²) in [6.45, 7) is 1.88. The second-order valence-corrected chi connectivity index (χ2v) is 9.13. The molecule has 1 aliphatic rings. The van der Waals surface area contributed by atoms with Gasteiger partial charge in [0, 0.05) is 53.7 Å². The summed E-state index contributed by atoms with van der Waals surface area (Å²) < 4.78 is 18.1. The molecule has 1 saturated heterocycles. The Morgan fingerprint density at radius 3 is 2.47 bits per heavy atom. The van der Waals surface area contributed by atoms with E-state index in [4.69, 9.17) is 16.1 Å². The molecule has 3 aromatic rings. The Labute approximate surface area is 177 Å². The van der Waals surface area contributed by atoms with E-state index in [0.717, 1.165) is 17.3 Å². The molecule has 2 aromatic carbocycles. The average molecular weight is 448 g/mol. The standard InChI is InChI=1S/C20H19ClN3O5P/c21-16-3-6-18-15(11-16)12-19(22-18)29-30(27,28)17-4-1-14(2-5-17)20(26)24-9-7-23(13-25)8-10-24/h1-6,11-13,22H,7-10H2,(H,27,28). The lowest BCUT2D eigenvalue weighted by Crippen LogP contribution is -2.48. The van der Waals surface area contributed by atoms with Gasteiger partial charge in [-0.25, -0.2) is 4.57 Å². The molecule has 0 spiro atoms. The van der Waals surface area contributed by atoms with Crippen LogP contribution in [0.25, 0.3) is 10.9 Å². The maximum atomic E-state index is 12.7. The van der Waals surface area contributed by atoms with Crippen molar-refractivity contribution in [2.45, 2.75) is 0 Å². The van der Waals surface area contributed by atoms with Gasteiger partial charge in [-0.2, -0.15) is 0 Å². The monoisotopic (exact) mass is 447 g/mol. The summed E-state index contributed by atoms with van der Waals surface area (Å²) in [5.41, 5.74) is 1.13. The van der Waals surface area contributed by atoms with E-state index < -0.39 is 7.60 Å². The number of aromatic nitrogens is 1. The molecule has 2 heterocycles. The molecule has 8 nitrogen and oxygen atoms in total. The van der Waals surface area contributed by atoms with Gasteiger partial charge in [0.1, 0.15) is 0 Å². The number of halogens is 1. The SMILES string of the molecule is O=CN1CCN(C(=O)c2ccc(P(=O)(O)Oc3cc4cc(Cl)ccc4[nH]3)cc2)CC1. The summed E-state index contributed by atoms with van der Waals surface area (Å²) in [4.78, 5) is 40.0. The van der Waals surface area contributed by atoms with Crippen molar-refractivity contribution >= 4 is 47.7 Å². The number of nitrogens with one attached hydrogen (secondary N) is 1. The minimum atomic E-state index is -4.16. The highest BCUT2D eigenvalue weighted by Crippen LogP contribution is 2.42. The highest BCUT2D eigenvalue weighted by molar-refractivity contribution is 7.61. The van der Waals surface area contributed by atoms with Crippen LogP contribution >= 0.6 is 19.2 Å². The number of benzene rings is 2. The number of amides is 2. The van der Waals surface area contributed by atoms with Crippen molar-refractivity contribution in [1.29, 1.82) is 0 Å². The molecular weight excluding hydrogens is 429 g/mol. The first-order valence-electron chi connectivity index (χ1n) is 9.26. The van der Waals surface area contributed by atoms with Crippen LogP contribution in [-0.2, 0) is 9.36 Å². The van der Waals surface area contributed by atoms with Crippen molar-refractivity contribution < 1.29 is 23.6 Å². The predicted molar refractivity (Wildman–Crippen MR) is 113 cm³/mol. The average Bonchev–Trinajstić information content (AvgIpc) is 3.14. The third kappa shape index (κ3) is 4.21. The third-order valence-electron chi connectivity index (χ3n) is 4.97. The Kier molecular flexibility index (Phi) is 5.56. The lowest BCUT2D eigenvalue weighted by atomic mass is 10.2. The number of nitrogens with zero attached hydrogens (tertiary/aromatic N) is 2. The number of fused-ring (bicyclic) bond motifs is 1. The molecule has 30 heavy (non-hydrogen) atoms. The molecule has 1 fully saturated rings. The van der Waals surface area contributed by atoms with Crippen molar-refractivity contribution in [1.82, 2.24) is 14.8 Å². The molecule has 156 valence electrons. The fourth-order valence-corrected chi connectivity index (χ4v) is 4.49. The third-order valence-corrected chi connectivity index (χ3v) is 6.60. The number of carbonyl (C=O) groups is 2. The Morgan fingerprint density at radius 1 is 1.10 bits per heavy atom. The summed E-state index contributed by atoms with van der Waals surface area (Å²) in [6.07, 6.45) is 0.775. The lowest BCUT2D eigenvalue weighted by Gasteiger charge is -2.32. The van der Waals surface area contributed by atoms with Crippen LogP contribution in [0.3, 0.4) is 0 Å². The number of aromatic amines is 1. The van der Waals surface area contributed by atoms with Crippen LogP contribution in [0, 0.1) is 0 Å². The number of piperazine rings is 1. The molecule has 2 N–H and O–H groups in total. The Morgan fingerprint density at radius 2 is 1.80 bits per heavy atom. The highest BCUT2D eigenvalue weighted by Gasteiger charge is 2.27. The van der Waals surface area contributed by atoms with E-state index in [1.165, 1.54) is 24.3 Å². The maximum absolute atomic E-state index is 12.7. The molecule has 1 unspecified atom stereocenters. The van der Waals surface area contributed by atoms with Crippen LogP contribution in [0.15, 0.2) is 48.5 Å². The van der Waals surface area contributed by atoms with Gasteiger partial charge in [0.05, 0.1) is 5.30 Å². The first kappa shape index (κ1) is 20.5. The van der Waals surface area contributed by atoms with Gasteiger partial charge in [0.25, 0.3) is 5.91 Å². The smallest absolute Gasteiger partial charge is 0.405 e. The molecule has 0 radical (unpaired) electrons. The van der Waals surface area contributed by atoms with Crippen LogP contribution in [-0.4, -0.2) is 58.2 Å². The molecule has 1 aromatic heterocycles. The number of hydrogen-bond acceptors (Lipinski definition) is 4. The van der Waals surface area contributed by atoms with E-state index in [1.54, 1.807) is 34.1 Å². The van der Waals surface area contributed by atoms with E-state index >= 15 is 0 Å². The van der Waals surface area contributed by atoms with E-state index in [0.29, 0.717) is 36.8 Å². The van der Waals surface area contributed by atoms with Crippen molar-refractivity contribution in [3.63, 3.8) is 0 Å². The number of H-pyrrole nitrogens is 1. The molecular formula is C20H19ClN3O5P. The van der Waals surface area contributed by atoms with Crippen LogP contribution in [0.4, 0.5) is 0 Å². The van der Waals surface area contributed by atoms with Crippen molar-refractivity contribution in [2.75, 3.05) is 26.2 Å². The first-order chi connectivity index (χ1) is 14.4. The molecule has 1 atom stereocenters. The zero-order valence-corrected chi connectivity index (χ0v) is 17.5. The second-order valence-electron chi connectivity index (χ2n) is 6.96. The zero-order chi connectivity index (χ0) is 21.3. The Bertz CT molecular complexity index is 1140. The van der Waals surface area contributed by atoms with Gasteiger partial charge in [-0.15, -0.1) is 0 Å². The van der Waals surface area contributed by atoms with Gasteiger partial charge in [-0.3, -0.25) is 9.59 Å². The summed E-state index contributed by atoms with van der Waals surface area (Å²) >= 11 is 5.96. The summed E-state index contributed by atoms with van der Waals surface area (Å²) in [5, 5.41) is 1.38. The van der Waals surface area contributed by atoms with Gasteiger partial charge in [0.15, 0.2) is 0 Å². The van der Waals surface area contributed by atoms with E-state index in [-0.39, 0.29) is 17.1 Å². The Hall–Kier alpha value is -2.80. The van der Waals surface area contributed by atoms with Crippen LogP contribution in [0.5, 0.6) is 5.88 Å². The molecule has 1 aliphatic heterocycles. The number of rotatable bonds is 5. The normalized spacial score (nSPS) is 16.3. The summed E-state index contributed by atoms with van der Waals surface area (Å²) in [7, 11) is -4.16. The minimum Gasteiger partial charge on any atom is -0.405 e. The van der Waals surface area contributed by atoms with Crippen molar-refractivity contribution in [3.8, 4) is 5.88 Å². The van der Waals surface area contributed by atoms with Gasteiger partial charge >= 0.3 is 7.60 Å². The highest BCUT2D eigenvalue weighted by atomic mass is 35.5. The number of carbonyl (C=O) groups excluding carboxylic acids is 2. The van der Waals surface area contributed by atoms with Crippen LogP contribution in [0.1, 0.15) is 10.4 Å². The van der Waals surface area contributed by atoms with Crippen LogP contribution in [0.2, 0.25) is 5.02 Å². The van der Waals surface area contributed by atoms with E-state index in [2.05, 4.69) is 4.98 Å². The van der Waals surface area contributed by atoms with Gasteiger partial charge in [-0.1, -0.05) is 11.6 Å². The van der Waals surface area contributed by atoms with Gasteiger partial charge in [0.2, 0.25) is 12.3 Å². The molecule has 4 rings (SSSR count). The van der Waals surface area contributed by atoms with E-state index in [1.807, 2.05) is 0 Å². The maximum Gasteiger partial charge on any atom is 0.409 e. The zero-order valence-electron chi connectivity index (χ0n) is 15.8. The topological polar surface area (TPSA) is 103 Å². The fraction of sp³-hybridized carbons (Fsp3) is 0.200. The molecule has 0 bridgehead atoms. The Balaban J connectivity index is 1.47. The molecule has 10 heteroatoms. The first-order valence-corrected chi connectivity index (χ1v) is 11.2. The van der Waals surface area contributed by atoms with E-state index in [9.17, 15) is 19.0 Å². The predicted octanol–water partition coefficient (Wildman–Crippen LogP) is 2.63. The largest absolute Gasteiger partial charge is 0.409 e. The molecule has 0 aliphatic carbocycles. The fourth-order valence-electron chi connectivity index (χ4n) is 3.32. The second kappa shape index (κ2) is 8.14. The quantitative estimate of drug-likeness (QED) is 0.462. The minimum absolute atomic E-state index is 0.0708.